The van der Waals surface area contributed by atoms with Gasteiger partial charge >= 0.3 is 0 Å². The smallest absolute Gasteiger partial charge is 0.194 e. The average Bonchev–Trinajstić information content (AvgIpc) is 2.88. The van der Waals surface area contributed by atoms with E-state index in [-0.39, 0.29) is 5.56 Å². The summed E-state index contributed by atoms with van der Waals surface area (Å²) in [7, 11) is 1.62. The first kappa shape index (κ1) is 14.0. The van der Waals surface area contributed by atoms with E-state index in [1.165, 1.54) is 6.07 Å². The SMILES string of the molecule is CCc1nnsc1C(NC)c1ccc(F)c(F)c1F. The highest BCUT2D eigenvalue weighted by Gasteiger charge is 2.24. The van der Waals surface area contributed by atoms with Crippen molar-refractivity contribution in [2.24, 2.45) is 0 Å². The highest BCUT2D eigenvalue weighted by atomic mass is 32.1. The van der Waals surface area contributed by atoms with Crippen molar-refractivity contribution in [1.82, 2.24) is 14.9 Å². The van der Waals surface area contributed by atoms with Gasteiger partial charge in [0.25, 0.3) is 0 Å². The minimum Gasteiger partial charge on any atom is -0.308 e. The molecule has 0 spiro atoms. The van der Waals surface area contributed by atoms with Crippen molar-refractivity contribution in [2.45, 2.75) is 19.4 Å². The number of aromatic nitrogens is 2. The van der Waals surface area contributed by atoms with Crippen LogP contribution >= 0.6 is 11.5 Å². The van der Waals surface area contributed by atoms with Gasteiger partial charge in [0, 0.05) is 5.56 Å². The summed E-state index contributed by atoms with van der Waals surface area (Å²) in [6.45, 7) is 1.90. The molecule has 0 saturated carbocycles. The Hall–Kier alpha value is -1.47. The lowest BCUT2D eigenvalue weighted by molar-refractivity contribution is 0.435. The topological polar surface area (TPSA) is 37.8 Å². The molecule has 0 radical (unpaired) electrons. The molecule has 1 atom stereocenters. The number of aryl methyl sites for hydroxylation is 1. The van der Waals surface area contributed by atoms with Crippen LogP contribution in [0.15, 0.2) is 12.1 Å². The van der Waals surface area contributed by atoms with E-state index >= 15 is 0 Å². The van der Waals surface area contributed by atoms with Crippen molar-refractivity contribution in [3.8, 4) is 0 Å². The molecule has 102 valence electrons. The summed E-state index contributed by atoms with van der Waals surface area (Å²) < 4.78 is 43.9. The van der Waals surface area contributed by atoms with Crippen LogP contribution < -0.4 is 5.32 Å². The van der Waals surface area contributed by atoms with E-state index in [0.29, 0.717) is 17.0 Å². The number of rotatable bonds is 4. The molecule has 1 aromatic heterocycles. The molecule has 1 aromatic carbocycles. The van der Waals surface area contributed by atoms with Gasteiger partial charge in [-0.05, 0) is 31.1 Å². The molecule has 0 amide bonds. The van der Waals surface area contributed by atoms with Crippen molar-refractivity contribution >= 4 is 11.5 Å². The molecule has 2 rings (SSSR count). The quantitative estimate of drug-likeness (QED) is 0.879. The normalized spacial score (nSPS) is 12.7. The predicted octanol–water partition coefficient (Wildman–Crippen LogP) is 2.83. The second kappa shape index (κ2) is 5.66. The number of hydrogen-bond donors (Lipinski definition) is 1. The summed E-state index contributed by atoms with van der Waals surface area (Å²) in [6, 6.07) is 1.55. The van der Waals surface area contributed by atoms with E-state index in [0.717, 1.165) is 17.6 Å². The fourth-order valence-corrected chi connectivity index (χ4v) is 2.74. The fourth-order valence-electron chi connectivity index (χ4n) is 1.87. The first-order chi connectivity index (χ1) is 9.10. The molecule has 1 N–H and O–H groups in total. The molecule has 19 heavy (non-hydrogen) atoms. The van der Waals surface area contributed by atoms with Crippen molar-refractivity contribution in [1.29, 1.82) is 0 Å². The van der Waals surface area contributed by atoms with Gasteiger partial charge in [-0.2, -0.15) is 0 Å². The predicted molar refractivity (Wildman–Crippen MR) is 66.5 cm³/mol. The molecule has 7 heteroatoms. The minimum atomic E-state index is -1.46. The maximum Gasteiger partial charge on any atom is 0.194 e. The maximum atomic E-state index is 13.8. The minimum absolute atomic E-state index is 0.0437. The molecule has 3 nitrogen and oxygen atoms in total. The van der Waals surface area contributed by atoms with Gasteiger partial charge in [-0.15, -0.1) is 5.10 Å². The lowest BCUT2D eigenvalue weighted by Crippen LogP contribution is -2.20. The molecule has 2 aromatic rings. The van der Waals surface area contributed by atoms with Gasteiger partial charge < -0.3 is 5.32 Å². The molecule has 0 aliphatic heterocycles. The number of nitrogens with one attached hydrogen (secondary N) is 1. The molecule has 0 fully saturated rings. The van der Waals surface area contributed by atoms with Gasteiger partial charge in [0.2, 0.25) is 0 Å². The summed E-state index contributed by atoms with van der Waals surface area (Å²) in [5, 5.41) is 6.82. The first-order valence-corrected chi connectivity index (χ1v) is 6.49. The Balaban J connectivity index is 2.52. The van der Waals surface area contributed by atoms with E-state index in [1.54, 1.807) is 7.05 Å². The molecule has 0 aliphatic rings. The van der Waals surface area contributed by atoms with Crippen LogP contribution in [0.25, 0.3) is 0 Å². The molecule has 0 aliphatic carbocycles. The van der Waals surface area contributed by atoms with Crippen molar-refractivity contribution in [2.75, 3.05) is 7.05 Å². The van der Waals surface area contributed by atoms with Gasteiger partial charge in [0.1, 0.15) is 0 Å². The zero-order valence-electron chi connectivity index (χ0n) is 10.4. The van der Waals surface area contributed by atoms with Gasteiger partial charge in [0.15, 0.2) is 17.5 Å². The molecular weight excluding hydrogens is 275 g/mol. The Bertz CT molecular complexity index is 586. The van der Waals surface area contributed by atoms with Crippen LogP contribution in [0.2, 0.25) is 0 Å². The Morgan fingerprint density at radius 2 is 2.00 bits per heavy atom. The monoisotopic (exact) mass is 287 g/mol. The second-order valence-corrected chi connectivity index (χ2v) is 4.71. The van der Waals surface area contributed by atoms with E-state index < -0.39 is 23.5 Å². The number of halogens is 3. The Morgan fingerprint density at radius 1 is 1.26 bits per heavy atom. The van der Waals surface area contributed by atoms with E-state index in [4.69, 9.17) is 0 Å². The van der Waals surface area contributed by atoms with Crippen LogP contribution in [0.4, 0.5) is 13.2 Å². The number of benzene rings is 1. The van der Waals surface area contributed by atoms with E-state index in [1.807, 2.05) is 6.92 Å². The highest BCUT2D eigenvalue weighted by Crippen LogP contribution is 2.30. The van der Waals surface area contributed by atoms with Gasteiger partial charge in [-0.25, -0.2) is 13.2 Å². The van der Waals surface area contributed by atoms with Crippen LogP contribution in [0.1, 0.15) is 29.1 Å². The fraction of sp³-hybridized carbons (Fsp3) is 0.333. The van der Waals surface area contributed by atoms with Crippen LogP contribution in [-0.4, -0.2) is 16.6 Å². The van der Waals surface area contributed by atoms with Gasteiger partial charge in [0.05, 0.1) is 16.6 Å². The second-order valence-electron chi connectivity index (χ2n) is 3.92. The standard InChI is InChI=1S/C12H12F3N3S/c1-3-8-12(19-18-17-8)11(16-2)6-4-5-7(13)10(15)9(6)14/h4-5,11,16H,3H2,1-2H3. The van der Waals surface area contributed by atoms with Crippen molar-refractivity contribution in [3.05, 3.63) is 45.7 Å². The molecular formula is C12H12F3N3S. The third-order valence-electron chi connectivity index (χ3n) is 2.85. The Labute approximate surface area is 112 Å². The van der Waals surface area contributed by atoms with Gasteiger partial charge in [-0.1, -0.05) is 17.5 Å². The van der Waals surface area contributed by atoms with E-state index in [2.05, 4.69) is 14.9 Å². The van der Waals surface area contributed by atoms with E-state index in [9.17, 15) is 13.2 Å². The number of nitrogens with zero attached hydrogens (tertiary/aromatic N) is 2. The molecule has 0 bridgehead atoms. The summed E-state index contributed by atoms with van der Waals surface area (Å²) >= 11 is 1.11. The third kappa shape index (κ3) is 2.48. The zero-order chi connectivity index (χ0) is 14.0. The summed E-state index contributed by atoms with van der Waals surface area (Å²) in [6.07, 6.45) is 0.634. The first-order valence-electron chi connectivity index (χ1n) is 5.71. The third-order valence-corrected chi connectivity index (χ3v) is 3.68. The van der Waals surface area contributed by atoms with Crippen molar-refractivity contribution in [3.63, 3.8) is 0 Å². The van der Waals surface area contributed by atoms with Gasteiger partial charge in [-0.3, -0.25) is 0 Å². The summed E-state index contributed by atoms with van der Waals surface area (Å²) in [5.74, 6) is -3.85. The summed E-state index contributed by atoms with van der Waals surface area (Å²) in [4.78, 5) is 0.704. The lowest BCUT2D eigenvalue weighted by atomic mass is 10.0. The largest absolute Gasteiger partial charge is 0.308 e. The lowest BCUT2D eigenvalue weighted by Gasteiger charge is -2.16. The maximum absolute atomic E-state index is 13.8. The Morgan fingerprint density at radius 3 is 2.63 bits per heavy atom. The average molecular weight is 287 g/mol. The number of hydrogen-bond acceptors (Lipinski definition) is 4. The summed E-state index contributed by atoms with van der Waals surface area (Å²) in [5.41, 5.74) is 0.760. The van der Waals surface area contributed by atoms with Crippen molar-refractivity contribution < 1.29 is 13.2 Å². The van der Waals surface area contributed by atoms with Crippen LogP contribution in [0.3, 0.4) is 0 Å². The highest BCUT2D eigenvalue weighted by molar-refractivity contribution is 7.05. The van der Waals surface area contributed by atoms with Crippen LogP contribution in [0, 0.1) is 17.5 Å². The Kier molecular flexibility index (Phi) is 4.16. The molecule has 0 saturated heterocycles. The zero-order valence-corrected chi connectivity index (χ0v) is 11.2. The molecule has 1 unspecified atom stereocenters. The van der Waals surface area contributed by atoms with Crippen LogP contribution in [-0.2, 0) is 6.42 Å². The molecule has 1 heterocycles. The van der Waals surface area contributed by atoms with Crippen LogP contribution in [0.5, 0.6) is 0 Å².